The van der Waals surface area contributed by atoms with Gasteiger partial charge < -0.3 is 10.6 Å². The number of hydrogen-bond acceptors (Lipinski definition) is 5. The Labute approximate surface area is 168 Å². The van der Waals surface area contributed by atoms with Crippen molar-refractivity contribution in [2.75, 3.05) is 5.32 Å². The molecule has 2 aromatic heterocycles. The minimum atomic E-state index is -0.175. The van der Waals surface area contributed by atoms with Gasteiger partial charge in [0, 0.05) is 29.3 Å². The Morgan fingerprint density at radius 1 is 0.931 bits per heavy atom. The molecule has 0 aliphatic heterocycles. The van der Waals surface area contributed by atoms with Gasteiger partial charge in [0.15, 0.2) is 5.82 Å². The number of fused-ring (bicyclic) bond motifs is 1. The lowest BCUT2D eigenvalue weighted by atomic mass is 10.2. The van der Waals surface area contributed by atoms with Crippen LogP contribution in [-0.4, -0.2) is 26.9 Å². The lowest BCUT2D eigenvalue weighted by molar-refractivity contribution is 0.0946. The smallest absolute Gasteiger partial charge is 0.270 e. The van der Waals surface area contributed by atoms with Crippen molar-refractivity contribution in [3.8, 4) is 11.4 Å². The number of para-hydroxylation sites is 1. The molecule has 5 rings (SSSR count). The number of rotatable bonds is 5. The number of nitrogens with zero attached hydrogens (tertiary/aromatic N) is 3. The van der Waals surface area contributed by atoms with E-state index in [-0.39, 0.29) is 11.9 Å². The molecule has 1 aliphatic carbocycles. The summed E-state index contributed by atoms with van der Waals surface area (Å²) in [6, 6.07) is 21.4. The third kappa shape index (κ3) is 3.78. The summed E-state index contributed by atoms with van der Waals surface area (Å²) in [5.74, 6) is 0.883. The molecule has 0 saturated heterocycles. The maximum atomic E-state index is 12.7. The van der Waals surface area contributed by atoms with Crippen molar-refractivity contribution in [2.24, 2.45) is 0 Å². The molecule has 4 aromatic rings. The molecule has 0 unspecified atom stereocenters. The van der Waals surface area contributed by atoms with Crippen LogP contribution in [-0.2, 0) is 0 Å². The van der Waals surface area contributed by atoms with E-state index < -0.39 is 0 Å². The number of aromatic nitrogens is 3. The molecule has 0 atom stereocenters. The molecule has 1 saturated carbocycles. The zero-order chi connectivity index (χ0) is 19.6. The summed E-state index contributed by atoms with van der Waals surface area (Å²) in [5.41, 5.74) is 2.88. The second-order valence-corrected chi connectivity index (χ2v) is 7.08. The lowest BCUT2D eigenvalue weighted by Gasteiger charge is -2.12. The van der Waals surface area contributed by atoms with E-state index in [9.17, 15) is 4.79 Å². The predicted octanol–water partition coefficient (Wildman–Crippen LogP) is 4.33. The molecular formula is C23H19N5O. The number of nitrogens with one attached hydrogen (secondary N) is 2. The van der Waals surface area contributed by atoms with Crippen molar-refractivity contribution >= 4 is 28.3 Å². The molecule has 2 N–H and O–H groups in total. The van der Waals surface area contributed by atoms with Crippen LogP contribution in [0, 0.1) is 0 Å². The molecule has 142 valence electrons. The number of pyridine rings is 1. The third-order valence-electron chi connectivity index (χ3n) is 4.80. The first-order chi connectivity index (χ1) is 14.3. The molecule has 1 amide bonds. The van der Waals surface area contributed by atoms with Crippen molar-refractivity contribution in [2.45, 2.75) is 18.9 Å². The second kappa shape index (κ2) is 7.31. The van der Waals surface area contributed by atoms with Crippen LogP contribution in [0.3, 0.4) is 0 Å². The van der Waals surface area contributed by atoms with Gasteiger partial charge in [-0.2, -0.15) is 0 Å². The van der Waals surface area contributed by atoms with Crippen LogP contribution < -0.4 is 10.6 Å². The zero-order valence-corrected chi connectivity index (χ0v) is 15.7. The Morgan fingerprint density at radius 2 is 1.76 bits per heavy atom. The van der Waals surface area contributed by atoms with E-state index >= 15 is 0 Å². The fourth-order valence-corrected chi connectivity index (χ4v) is 3.17. The molecule has 2 heterocycles. The van der Waals surface area contributed by atoms with Gasteiger partial charge in [0.2, 0.25) is 0 Å². The van der Waals surface area contributed by atoms with Crippen molar-refractivity contribution in [1.82, 2.24) is 20.3 Å². The maximum Gasteiger partial charge on any atom is 0.270 e. The number of amides is 1. The highest BCUT2D eigenvalue weighted by molar-refractivity contribution is 5.95. The first kappa shape index (κ1) is 17.3. The normalized spacial score (nSPS) is 13.2. The van der Waals surface area contributed by atoms with Gasteiger partial charge in [-0.05, 0) is 25.0 Å². The van der Waals surface area contributed by atoms with E-state index in [2.05, 4.69) is 25.6 Å². The Morgan fingerprint density at radius 3 is 2.59 bits per heavy atom. The minimum absolute atomic E-state index is 0.175. The monoisotopic (exact) mass is 381 g/mol. The van der Waals surface area contributed by atoms with Crippen molar-refractivity contribution in [3.05, 3.63) is 78.6 Å². The van der Waals surface area contributed by atoms with E-state index in [1.807, 2.05) is 60.7 Å². The van der Waals surface area contributed by atoms with E-state index in [1.54, 1.807) is 12.3 Å². The molecule has 0 radical (unpaired) electrons. The Balaban J connectivity index is 1.56. The van der Waals surface area contributed by atoms with Crippen LogP contribution in [0.4, 0.5) is 11.5 Å². The first-order valence-corrected chi connectivity index (χ1v) is 9.62. The van der Waals surface area contributed by atoms with Gasteiger partial charge >= 0.3 is 0 Å². The SMILES string of the molecule is O=C(NC1CC1)c1cc(Nc2cccc3cccnc23)nc(-c2ccccc2)n1. The summed E-state index contributed by atoms with van der Waals surface area (Å²) < 4.78 is 0. The van der Waals surface area contributed by atoms with Gasteiger partial charge in [-0.25, -0.2) is 9.97 Å². The first-order valence-electron chi connectivity index (χ1n) is 9.62. The summed E-state index contributed by atoms with van der Waals surface area (Å²) in [4.78, 5) is 26.3. The molecule has 2 aromatic carbocycles. The molecule has 1 fully saturated rings. The van der Waals surface area contributed by atoms with Gasteiger partial charge in [0.1, 0.15) is 11.5 Å². The van der Waals surface area contributed by atoms with Gasteiger partial charge in [0.05, 0.1) is 11.2 Å². The third-order valence-corrected chi connectivity index (χ3v) is 4.80. The fourth-order valence-electron chi connectivity index (χ4n) is 3.17. The highest BCUT2D eigenvalue weighted by Crippen LogP contribution is 2.26. The summed E-state index contributed by atoms with van der Waals surface area (Å²) in [5, 5.41) is 7.36. The molecule has 1 aliphatic rings. The van der Waals surface area contributed by atoms with Crippen molar-refractivity contribution < 1.29 is 4.79 Å². The van der Waals surface area contributed by atoms with Crippen LogP contribution in [0.15, 0.2) is 72.9 Å². The van der Waals surface area contributed by atoms with E-state index in [0.717, 1.165) is 35.0 Å². The molecule has 0 spiro atoms. The van der Waals surface area contributed by atoms with Gasteiger partial charge in [-0.1, -0.05) is 48.5 Å². The largest absolute Gasteiger partial charge is 0.348 e. The Bertz CT molecular complexity index is 1180. The van der Waals surface area contributed by atoms with Crippen LogP contribution >= 0.6 is 0 Å². The predicted molar refractivity (Wildman–Crippen MR) is 113 cm³/mol. The summed E-state index contributed by atoms with van der Waals surface area (Å²) in [6.07, 6.45) is 3.81. The van der Waals surface area contributed by atoms with E-state index in [1.165, 1.54) is 0 Å². The summed E-state index contributed by atoms with van der Waals surface area (Å²) in [7, 11) is 0. The average molecular weight is 381 g/mol. The maximum absolute atomic E-state index is 12.7. The van der Waals surface area contributed by atoms with Crippen LogP contribution in [0.5, 0.6) is 0 Å². The zero-order valence-electron chi connectivity index (χ0n) is 15.7. The number of carbonyl (C=O) groups excluding carboxylic acids is 1. The lowest BCUT2D eigenvalue weighted by Crippen LogP contribution is -2.26. The van der Waals surface area contributed by atoms with Crippen LogP contribution in [0.2, 0.25) is 0 Å². The van der Waals surface area contributed by atoms with Gasteiger partial charge in [-0.15, -0.1) is 0 Å². The minimum Gasteiger partial charge on any atom is -0.348 e. The van der Waals surface area contributed by atoms with Crippen molar-refractivity contribution in [1.29, 1.82) is 0 Å². The van der Waals surface area contributed by atoms with E-state index in [0.29, 0.717) is 17.3 Å². The number of carbonyl (C=O) groups is 1. The molecular weight excluding hydrogens is 362 g/mol. The topological polar surface area (TPSA) is 79.8 Å². The van der Waals surface area contributed by atoms with Crippen LogP contribution in [0.1, 0.15) is 23.3 Å². The number of anilines is 2. The molecule has 6 nitrogen and oxygen atoms in total. The summed E-state index contributed by atoms with van der Waals surface area (Å²) >= 11 is 0. The van der Waals surface area contributed by atoms with Crippen LogP contribution in [0.25, 0.3) is 22.3 Å². The molecule has 6 heteroatoms. The highest BCUT2D eigenvalue weighted by Gasteiger charge is 2.25. The van der Waals surface area contributed by atoms with Gasteiger partial charge in [0.25, 0.3) is 5.91 Å². The molecule has 0 bridgehead atoms. The highest BCUT2D eigenvalue weighted by atomic mass is 16.2. The number of hydrogen-bond donors (Lipinski definition) is 2. The van der Waals surface area contributed by atoms with Gasteiger partial charge in [-0.3, -0.25) is 9.78 Å². The fraction of sp³-hybridized carbons (Fsp3) is 0.130. The van der Waals surface area contributed by atoms with Crippen molar-refractivity contribution in [3.63, 3.8) is 0 Å². The Hall–Kier alpha value is -3.80. The number of benzene rings is 2. The second-order valence-electron chi connectivity index (χ2n) is 7.08. The summed E-state index contributed by atoms with van der Waals surface area (Å²) in [6.45, 7) is 0. The molecule has 29 heavy (non-hydrogen) atoms. The average Bonchev–Trinajstić information content (AvgIpc) is 3.58. The van der Waals surface area contributed by atoms with E-state index in [4.69, 9.17) is 0 Å². The quantitative estimate of drug-likeness (QED) is 0.538. The Kier molecular flexibility index (Phi) is 4.37. The standard InChI is InChI=1S/C23H19N5O/c29-23(25-17-11-12-17)19-14-20(28-22(27-19)16-6-2-1-3-7-16)26-18-10-4-8-15-9-5-13-24-21(15)18/h1-10,13-14,17H,11-12H2,(H,25,29)(H,26,27,28).